The lowest BCUT2D eigenvalue weighted by molar-refractivity contribution is 0.148. The SMILES string of the molecule is CC.CC.CC.CN1CCN(Cc2cccc3ccccc23)CC1. The Morgan fingerprint density at radius 3 is 1.88 bits per heavy atom. The van der Waals surface area contributed by atoms with Crippen LogP contribution in [0.1, 0.15) is 47.1 Å². The molecule has 1 saturated heterocycles. The third kappa shape index (κ3) is 7.02. The van der Waals surface area contributed by atoms with E-state index in [4.69, 9.17) is 0 Å². The highest BCUT2D eigenvalue weighted by Crippen LogP contribution is 2.20. The van der Waals surface area contributed by atoms with Gasteiger partial charge in [-0.1, -0.05) is 84.0 Å². The van der Waals surface area contributed by atoms with E-state index in [9.17, 15) is 0 Å². The van der Waals surface area contributed by atoms with Gasteiger partial charge in [-0.25, -0.2) is 0 Å². The number of hydrogen-bond donors (Lipinski definition) is 0. The van der Waals surface area contributed by atoms with Gasteiger partial charge in [0.2, 0.25) is 0 Å². The van der Waals surface area contributed by atoms with Gasteiger partial charge in [0, 0.05) is 32.7 Å². The van der Waals surface area contributed by atoms with Crippen molar-refractivity contribution < 1.29 is 0 Å². The first-order valence-electron chi connectivity index (χ1n) is 9.70. The predicted molar refractivity (Wildman–Crippen MR) is 111 cm³/mol. The molecule has 2 aromatic carbocycles. The molecule has 0 bridgehead atoms. The molecule has 0 atom stereocenters. The van der Waals surface area contributed by atoms with Gasteiger partial charge in [0.25, 0.3) is 0 Å². The first-order chi connectivity index (χ1) is 11.8. The topological polar surface area (TPSA) is 6.48 Å². The van der Waals surface area contributed by atoms with Crippen LogP contribution in [-0.4, -0.2) is 43.0 Å². The molecule has 24 heavy (non-hydrogen) atoms. The van der Waals surface area contributed by atoms with Crippen molar-refractivity contribution in [1.82, 2.24) is 9.80 Å². The predicted octanol–water partition coefficient (Wildman–Crippen LogP) is 5.67. The minimum Gasteiger partial charge on any atom is -0.304 e. The first-order valence-corrected chi connectivity index (χ1v) is 9.70. The average Bonchev–Trinajstić information content (AvgIpc) is 2.69. The number of nitrogens with zero attached hydrogens (tertiary/aromatic N) is 2. The molecule has 2 aromatic rings. The second kappa shape index (κ2) is 14.0. The Bertz CT molecular complexity index is 523. The zero-order chi connectivity index (χ0) is 18.4. The van der Waals surface area contributed by atoms with Crippen LogP contribution in [0.5, 0.6) is 0 Å². The van der Waals surface area contributed by atoms with E-state index < -0.39 is 0 Å². The molecule has 0 unspecified atom stereocenters. The molecule has 2 nitrogen and oxygen atoms in total. The van der Waals surface area contributed by atoms with Crippen LogP contribution in [0.15, 0.2) is 42.5 Å². The van der Waals surface area contributed by atoms with Crippen LogP contribution in [0.4, 0.5) is 0 Å². The van der Waals surface area contributed by atoms with Crippen molar-refractivity contribution in [3.05, 3.63) is 48.0 Å². The number of fused-ring (bicyclic) bond motifs is 1. The Balaban J connectivity index is 0.000000798. The Hall–Kier alpha value is -1.38. The Morgan fingerprint density at radius 2 is 1.25 bits per heavy atom. The fraction of sp³-hybridized carbons (Fsp3) is 0.545. The van der Waals surface area contributed by atoms with E-state index in [1.165, 1.54) is 42.5 Å². The maximum absolute atomic E-state index is 2.56. The quantitative estimate of drug-likeness (QED) is 0.700. The van der Waals surface area contributed by atoms with Crippen LogP contribution in [0.25, 0.3) is 10.8 Å². The monoisotopic (exact) mass is 330 g/mol. The standard InChI is InChI=1S/C16H20N2.3C2H6/c1-17-9-11-18(12-10-17)13-15-7-4-6-14-5-2-3-8-16(14)15;3*1-2/h2-8H,9-13H2,1H3;3*1-2H3. The van der Waals surface area contributed by atoms with Gasteiger partial charge in [0.1, 0.15) is 0 Å². The molecule has 0 aromatic heterocycles. The number of likely N-dealkylation sites (N-methyl/N-ethyl adjacent to an activating group) is 1. The van der Waals surface area contributed by atoms with Crippen LogP contribution in [-0.2, 0) is 6.54 Å². The summed E-state index contributed by atoms with van der Waals surface area (Å²) in [5, 5.41) is 2.75. The second-order valence-corrected chi connectivity index (χ2v) is 5.22. The normalized spacial score (nSPS) is 14.5. The molecule has 1 aliphatic heterocycles. The molecule has 1 heterocycles. The molecule has 0 N–H and O–H groups in total. The van der Waals surface area contributed by atoms with Crippen LogP contribution < -0.4 is 0 Å². The maximum atomic E-state index is 2.56. The van der Waals surface area contributed by atoms with Crippen molar-refractivity contribution in [2.75, 3.05) is 33.2 Å². The summed E-state index contributed by atoms with van der Waals surface area (Å²) >= 11 is 0. The fourth-order valence-corrected chi connectivity index (χ4v) is 2.68. The molecule has 0 radical (unpaired) electrons. The van der Waals surface area contributed by atoms with Gasteiger partial charge >= 0.3 is 0 Å². The van der Waals surface area contributed by atoms with E-state index in [1.807, 2.05) is 41.5 Å². The highest BCUT2D eigenvalue weighted by molar-refractivity contribution is 5.85. The maximum Gasteiger partial charge on any atom is 0.0240 e. The summed E-state index contributed by atoms with van der Waals surface area (Å²) in [6.07, 6.45) is 0. The molecule has 3 rings (SSSR count). The van der Waals surface area contributed by atoms with Gasteiger partial charge < -0.3 is 4.90 Å². The van der Waals surface area contributed by atoms with Crippen molar-refractivity contribution >= 4 is 10.8 Å². The number of rotatable bonds is 2. The molecule has 1 aliphatic rings. The molecule has 0 amide bonds. The smallest absolute Gasteiger partial charge is 0.0240 e. The van der Waals surface area contributed by atoms with Crippen LogP contribution >= 0.6 is 0 Å². The molecule has 0 spiro atoms. The summed E-state index contributed by atoms with van der Waals surface area (Å²) in [4.78, 5) is 4.96. The molecule has 136 valence electrons. The summed E-state index contributed by atoms with van der Waals surface area (Å²) in [5.41, 5.74) is 1.46. The molecule has 0 aliphatic carbocycles. The van der Waals surface area contributed by atoms with Crippen molar-refractivity contribution in [1.29, 1.82) is 0 Å². The van der Waals surface area contributed by atoms with E-state index in [0.717, 1.165) is 6.54 Å². The number of benzene rings is 2. The zero-order valence-corrected chi connectivity index (χ0v) is 17.0. The average molecular weight is 331 g/mol. The van der Waals surface area contributed by atoms with Gasteiger partial charge in [-0.05, 0) is 23.4 Å². The largest absolute Gasteiger partial charge is 0.304 e. The minimum atomic E-state index is 1.08. The third-order valence-electron chi connectivity index (χ3n) is 3.87. The van der Waals surface area contributed by atoms with Gasteiger partial charge in [-0.3, -0.25) is 4.90 Å². The molecule has 0 saturated carbocycles. The number of hydrogen-bond acceptors (Lipinski definition) is 2. The van der Waals surface area contributed by atoms with Crippen molar-refractivity contribution in [2.24, 2.45) is 0 Å². The van der Waals surface area contributed by atoms with E-state index in [-0.39, 0.29) is 0 Å². The summed E-state index contributed by atoms with van der Waals surface area (Å²) < 4.78 is 0. The highest BCUT2D eigenvalue weighted by Gasteiger charge is 2.14. The van der Waals surface area contributed by atoms with E-state index >= 15 is 0 Å². The number of piperazine rings is 1. The van der Waals surface area contributed by atoms with Gasteiger partial charge in [0.15, 0.2) is 0 Å². The lowest BCUT2D eigenvalue weighted by Gasteiger charge is -2.32. The van der Waals surface area contributed by atoms with Gasteiger partial charge in [-0.15, -0.1) is 0 Å². The molecule has 2 heteroatoms. The fourth-order valence-electron chi connectivity index (χ4n) is 2.68. The van der Waals surface area contributed by atoms with E-state index in [1.54, 1.807) is 0 Å². The van der Waals surface area contributed by atoms with Crippen LogP contribution in [0.3, 0.4) is 0 Å². The summed E-state index contributed by atoms with van der Waals surface area (Å²) in [6.45, 7) is 17.8. The lowest BCUT2D eigenvalue weighted by atomic mass is 10.0. The Labute approximate surface area is 150 Å². The van der Waals surface area contributed by atoms with Crippen molar-refractivity contribution in [2.45, 2.75) is 48.1 Å². The first kappa shape index (κ1) is 22.6. The summed E-state index contributed by atoms with van der Waals surface area (Å²) in [5.74, 6) is 0. The summed E-state index contributed by atoms with van der Waals surface area (Å²) in [6, 6.07) is 15.3. The van der Waals surface area contributed by atoms with E-state index in [0.29, 0.717) is 0 Å². The second-order valence-electron chi connectivity index (χ2n) is 5.22. The van der Waals surface area contributed by atoms with Gasteiger partial charge in [-0.2, -0.15) is 0 Å². The van der Waals surface area contributed by atoms with Crippen molar-refractivity contribution in [3.8, 4) is 0 Å². The van der Waals surface area contributed by atoms with Gasteiger partial charge in [0.05, 0.1) is 0 Å². The molecular formula is C22H38N2. The molecular weight excluding hydrogens is 292 g/mol. The Kier molecular flexibility index (Phi) is 13.2. The summed E-state index contributed by atoms with van der Waals surface area (Å²) in [7, 11) is 2.20. The zero-order valence-electron chi connectivity index (χ0n) is 17.0. The minimum absolute atomic E-state index is 1.08. The highest BCUT2D eigenvalue weighted by atomic mass is 15.2. The van der Waals surface area contributed by atoms with E-state index in [2.05, 4.69) is 59.3 Å². The van der Waals surface area contributed by atoms with Crippen LogP contribution in [0, 0.1) is 0 Å². The molecule has 1 fully saturated rings. The van der Waals surface area contributed by atoms with Crippen molar-refractivity contribution in [3.63, 3.8) is 0 Å². The Morgan fingerprint density at radius 1 is 0.708 bits per heavy atom. The third-order valence-corrected chi connectivity index (χ3v) is 3.87. The van der Waals surface area contributed by atoms with Crippen LogP contribution in [0.2, 0.25) is 0 Å². The lowest BCUT2D eigenvalue weighted by Crippen LogP contribution is -2.43.